The Morgan fingerprint density at radius 1 is 0.667 bits per heavy atom. The maximum atomic E-state index is 2.64. The summed E-state index contributed by atoms with van der Waals surface area (Å²) in [6.07, 6.45) is 4.76. The van der Waals surface area contributed by atoms with Crippen LogP contribution in [0.2, 0.25) is 5.04 Å². The van der Waals surface area contributed by atoms with E-state index in [0.717, 1.165) is 12.8 Å². The summed E-state index contributed by atoms with van der Waals surface area (Å²) < 4.78 is 0. The van der Waals surface area contributed by atoms with Gasteiger partial charge in [-0.25, -0.2) is 0 Å². The monoisotopic (exact) mass is 492 g/mol. The second-order valence-electron chi connectivity index (χ2n) is 11.3. The van der Waals surface area contributed by atoms with Crippen LogP contribution >= 0.6 is 0 Å². The van der Waals surface area contributed by atoms with Crippen LogP contribution < -0.4 is 15.6 Å². The van der Waals surface area contributed by atoms with Crippen LogP contribution in [0.3, 0.4) is 0 Å². The normalized spacial score (nSPS) is 18.1. The molecule has 1 aliphatic carbocycles. The molecule has 1 atom stereocenters. The molecule has 0 aliphatic heterocycles. The second kappa shape index (κ2) is 9.67. The van der Waals surface area contributed by atoms with Gasteiger partial charge >= 0.3 is 0 Å². The summed E-state index contributed by atoms with van der Waals surface area (Å²) >= 11 is 0. The number of benzene rings is 3. The number of hydrogen-bond donors (Lipinski definition) is 0. The number of allylic oxidation sites excluding steroid dienone is 4. The van der Waals surface area contributed by atoms with Gasteiger partial charge in [0.25, 0.3) is 0 Å². The van der Waals surface area contributed by atoms with E-state index in [-0.39, 0.29) is 5.04 Å². The molecule has 36 heavy (non-hydrogen) atoms. The quantitative estimate of drug-likeness (QED) is 0.246. The first-order valence-corrected chi connectivity index (χ1v) is 15.7. The molecule has 0 heterocycles. The predicted molar refractivity (Wildman–Crippen MR) is 162 cm³/mol. The van der Waals surface area contributed by atoms with Crippen LogP contribution in [0.4, 0.5) is 0 Å². The Morgan fingerprint density at radius 3 is 1.53 bits per heavy atom. The lowest BCUT2D eigenvalue weighted by atomic mass is 10.0. The molecule has 3 aromatic rings. The Kier molecular flexibility index (Phi) is 7.10. The molecular formula is C35H44Si. The average Bonchev–Trinajstić information content (AvgIpc) is 3.07. The van der Waals surface area contributed by atoms with Crippen molar-refractivity contribution in [3.8, 4) is 0 Å². The third-order valence-electron chi connectivity index (χ3n) is 9.54. The summed E-state index contributed by atoms with van der Waals surface area (Å²) in [5.41, 5.74) is 13.0. The van der Waals surface area contributed by atoms with Gasteiger partial charge < -0.3 is 0 Å². The van der Waals surface area contributed by atoms with E-state index < -0.39 is 8.07 Å². The third kappa shape index (κ3) is 3.79. The van der Waals surface area contributed by atoms with Crippen molar-refractivity contribution >= 4 is 23.6 Å². The molecule has 0 radical (unpaired) electrons. The second-order valence-corrected chi connectivity index (χ2v) is 15.5. The van der Waals surface area contributed by atoms with Crippen molar-refractivity contribution in [1.82, 2.24) is 0 Å². The van der Waals surface area contributed by atoms with Gasteiger partial charge in [0.15, 0.2) is 8.07 Å². The first kappa shape index (κ1) is 26.4. The zero-order chi connectivity index (χ0) is 26.4. The van der Waals surface area contributed by atoms with Gasteiger partial charge in [0.05, 0.1) is 0 Å². The molecule has 1 heteroatoms. The maximum Gasteiger partial charge on any atom is 0.162 e. The van der Waals surface area contributed by atoms with Gasteiger partial charge in [0.1, 0.15) is 0 Å². The van der Waals surface area contributed by atoms with Crippen molar-refractivity contribution in [3.05, 3.63) is 111 Å². The van der Waals surface area contributed by atoms with Crippen LogP contribution in [0.1, 0.15) is 74.9 Å². The Hall–Kier alpha value is -2.64. The van der Waals surface area contributed by atoms with E-state index in [0.29, 0.717) is 0 Å². The van der Waals surface area contributed by atoms with E-state index in [1.165, 1.54) is 50.1 Å². The van der Waals surface area contributed by atoms with Gasteiger partial charge in [-0.15, -0.1) is 0 Å². The molecular weight excluding hydrogens is 448 g/mol. The number of aryl methyl sites for hydroxylation is 4. The molecule has 0 spiro atoms. The van der Waals surface area contributed by atoms with E-state index in [4.69, 9.17) is 0 Å². The molecule has 0 fully saturated rings. The van der Waals surface area contributed by atoms with Gasteiger partial charge in [-0.1, -0.05) is 92.6 Å². The zero-order valence-electron chi connectivity index (χ0n) is 24.2. The van der Waals surface area contributed by atoms with Crippen LogP contribution in [0.25, 0.3) is 0 Å². The summed E-state index contributed by atoms with van der Waals surface area (Å²) in [5, 5.41) is 4.61. The molecule has 1 aliphatic rings. The van der Waals surface area contributed by atoms with Crippen molar-refractivity contribution in [3.63, 3.8) is 0 Å². The van der Waals surface area contributed by atoms with E-state index in [1.807, 2.05) is 0 Å². The van der Waals surface area contributed by atoms with E-state index in [2.05, 4.69) is 130 Å². The number of rotatable bonds is 6. The summed E-state index contributed by atoms with van der Waals surface area (Å²) in [4.78, 5) is 0. The van der Waals surface area contributed by atoms with Gasteiger partial charge in [-0.3, -0.25) is 0 Å². The smallest absolute Gasteiger partial charge is 0.0730 e. The lowest BCUT2D eigenvalue weighted by Gasteiger charge is -2.49. The number of hydrogen-bond acceptors (Lipinski definition) is 0. The van der Waals surface area contributed by atoms with Crippen molar-refractivity contribution < 1.29 is 0 Å². The van der Waals surface area contributed by atoms with Crippen LogP contribution in [-0.2, 0) is 12.8 Å². The highest BCUT2D eigenvalue weighted by Crippen LogP contribution is 2.53. The minimum atomic E-state index is -2.64. The standard InChI is InChI=1S/C35H44Si/c1-11-30-19-31(12-2)21-32(20-30)36(33-17-13-15-23(3)27(33)7,34-18-14-16-24(4)28(34)8)35(10)22-25(5)26(6)29(35)9/h13-22H,11-12H2,1-10H3. The minimum Gasteiger partial charge on any atom is -0.0730 e. The van der Waals surface area contributed by atoms with E-state index in [9.17, 15) is 0 Å². The highest BCUT2D eigenvalue weighted by Gasteiger charge is 2.57. The van der Waals surface area contributed by atoms with Crippen LogP contribution in [0.15, 0.2) is 77.4 Å². The zero-order valence-corrected chi connectivity index (χ0v) is 25.2. The Bertz CT molecular complexity index is 1310. The Balaban J connectivity index is 2.34. The molecule has 0 saturated carbocycles. The average molecular weight is 493 g/mol. The molecule has 3 aromatic carbocycles. The fourth-order valence-electron chi connectivity index (χ4n) is 6.74. The molecule has 1 unspecified atom stereocenters. The van der Waals surface area contributed by atoms with Crippen molar-refractivity contribution in [1.29, 1.82) is 0 Å². The molecule has 0 amide bonds. The Labute approximate surface area is 221 Å². The van der Waals surface area contributed by atoms with Crippen molar-refractivity contribution in [2.75, 3.05) is 0 Å². The third-order valence-corrected chi connectivity index (χ3v) is 15.5. The van der Waals surface area contributed by atoms with Gasteiger partial charge in [-0.2, -0.15) is 0 Å². The van der Waals surface area contributed by atoms with Gasteiger partial charge in [0, 0.05) is 5.04 Å². The Morgan fingerprint density at radius 2 is 1.14 bits per heavy atom. The SMILES string of the molecule is CCc1cc(CC)cc([Si](c2cccc(C)c2C)(c2cccc(C)c2C)C2(C)C=C(C)C(C)=C2C)c1. The summed E-state index contributed by atoms with van der Waals surface area (Å²) in [7, 11) is -2.64. The van der Waals surface area contributed by atoms with E-state index >= 15 is 0 Å². The molecule has 0 aromatic heterocycles. The summed E-state index contributed by atoms with van der Waals surface area (Å²) in [5.74, 6) is 0. The summed E-state index contributed by atoms with van der Waals surface area (Å²) in [6.45, 7) is 23.5. The van der Waals surface area contributed by atoms with Gasteiger partial charge in [0.2, 0.25) is 0 Å². The first-order chi connectivity index (χ1) is 17.0. The van der Waals surface area contributed by atoms with Crippen molar-refractivity contribution in [2.45, 2.75) is 87.1 Å². The topological polar surface area (TPSA) is 0 Å². The van der Waals surface area contributed by atoms with Crippen LogP contribution in [0, 0.1) is 27.7 Å². The predicted octanol–water partition coefficient (Wildman–Crippen LogP) is 7.57. The summed E-state index contributed by atoms with van der Waals surface area (Å²) in [6, 6.07) is 21.7. The molecule has 188 valence electrons. The first-order valence-electron chi connectivity index (χ1n) is 13.7. The lowest BCUT2D eigenvalue weighted by Crippen LogP contribution is -2.74. The fraction of sp³-hybridized carbons (Fsp3) is 0.371. The minimum absolute atomic E-state index is 0.0738. The molecule has 0 bridgehead atoms. The fourth-order valence-corrected chi connectivity index (χ4v) is 13.6. The highest BCUT2D eigenvalue weighted by atomic mass is 28.3. The highest BCUT2D eigenvalue weighted by molar-refractivity contribution is 7.14. The van der Waals surface area contributed by atoms with Crippen LogP contribution in [0.5, 0.6) is 0 Å². The van der Waals surface area contributed by atoms with Crippen molar-refractivity contribution in [2.24, 2.45) is 0 Å². The lowest BCUT2D eigenvalue weighted by molar-refractivity contribution is 0.868. The largest absolute Gasteiger partial charge is 0.162 e. The van der Waals surface area contributed by atoms with E-state index in [1.54, 1.807) is 15.6 Å². The molecule has 4 rings (SSSR count). The van der Waals surface area contributed by atoms with Gasteiger partial charge in [-0.05, 0) is 116 Å². The van der Waals surface area contributed by atoms with Crippen LogP contribution in [-0.4, -0.2) is 8.07 Å². The molecule has 0 saturated heterocycles. The maximum absolute atomic E-state index is 2.64. The molecule has 0 nitrogen and oxygen atoms in total. The molecule has 0 N–H and O–H groups in total.